The predicted molar refractivity (Wildman–Crippen MR) is 98.3 cm³/mol. The van der Waals surface area contributed by atoms with E-state index in [0.717, 1.165) is 24.8 Å². The van der Waals surface area contributed by atoms with Crippen LogP contribution >= 0.6 is 23.1 Å². The molecule has 0 spiro atoms. The van der Waals surface area contributed by atoms with Gasteiger partial charge in [-0.15, -0.1) is 11.3 Å². The van der Waals surface area contributed by atoms with E-state index in [1.54, 1.807) is 32.3 Å². The zero-order valence-corrected chi connectivity index (χ0v) is 15.7. The van der Waals surface area contributed by atoms with Crippen molar-refractivity contribution in [3.05, 3.63) is 34.5 Å². The third kappa shape index (κ3) is 4.01. The van der Waals surface area contributed by atoms with Gasteiger partial charge in [0.25, 0.3) is 0 Å². The molecule has 0 saturated heterocycles. The summed E-state index contributed by atoms with van der Waals surface area (Å²) in [5.41, 5.74) is 1.56. The Balaban J connectivity index is 1.76. The summed E-state index contributed by atoms with van der Waals surface area (Å²) in [6.45, 7) is 3.89. The maximum Gasteiger partial charge on any atom is 0.341 e. The maximum absolute atomic E-state index is 12.5. The Hall–Kier alpha value is -1.93. The molecule has 2 heterocycles. The minimum atomic E-state index is -0.380. The summed E-state index contributed by atoms with van der Waals surface area (Å²) in [6.07, 6.45) is 6.13. The van der Waals surface area contributed by atoms with Gasteiger partial charge in [0.2, 0.25) is 5.91 Å². The monoisotopic (exact) mass is 377 g/mol. The fourth-order valence-corrected chi connectivity index (χ4v) is 4.69. The van der Waals surface area contributed by atoms with Crippen molar-refractivity contribution in [2.24, 2.45) is 0 Å². The highest BCUT2D eigenvalue weighted by Gasteiger charge is 2.29. The average molecular weight is 377 g/mol. The van der Waals surface area contributed by atoms with Crippen LogP contribution in [-0.2, 0) is 22.4 Å². The van der Waals surface area contributed by atoms with Crippen molar-refractivity contribution in [3.63, 3.8) is 0 Å². The lowest BCUT2D eigenvalue weighted by atomic mass is 10.1. The molecule has 1 unspecified atom stereocenters. The van der Waals surface area contributed by atoms with Gasteiger partial charge in [0.15, 0.2) is 5.16 Å². The second-order valence-electron chi connectivity index (χ2n) is 5.56. The van der Waals surface area contributed by atoms with Gasteiger partial charge >= 0.3 is 5.97 Å². The van der Waals surface area contributed by atoms with Crippen molar-refractivity contribution in [1.82, 2.24) is 9.97 Å². The zero-order valence-electron chi connectivity index (χ0n) is 14.1. The van der Waals surface area contributed by atoms with Crippen LogP contribution in [0.4, 0.5) is 5.00 Å². The number of thioether (sulfide) groups is 1. The minimum Gasteiger partial charge on any atom is -0.462 e. The Kier molecular flexibility index (Phi) is 5.70. The molecule has 6 nitrogen and oxygen atoms in total. The molecule has 1 atom stereocenters. The summed E-state index contributed by atoms with van der Waals surface area (Å²) in [5.74, 6) is -0.535. The average Bonchev–Trinajstić information content (AvgIpc) is 3.16. The normalized spacial score (nSPS) is 14.0. The molecule has 1 N–H and O–H groups in total. The van der Waals surface area contributed by atoms with E-state index in [1.807, 2.05) is 0 Å². The summed E-state index contributed by atoms with van der Waals surface area (Å²) >= 11 is 2.76. The molecular formula is C17H19N3O3S2. The lowest BCUT2D eigenvalue weighted by Gasteiger charge is -2.11. The highest BCUT2D eigenvalue weighted by atomic mass is 32.2. The second kappa shape index (κ2) is 7.97. The molecule has 0 aromatic carbocycles. The van der Waals surface area contributed by atoms with Gasteiger partial charge in [-0.3, -0.25) is 4.79 Å². The van der Waals surface area contributed by atoms with Crippen LogP contribution in [0.2, 0.25) is 0 Å². The highest BCUT2D eigenvalue weighted by Crippen LogP contribution is 2.39. The number of esters is 1. The Morgan fingerprint density at radius 2 is 2.12 bits per heavy atom. The molecule has 1 amide bonds. The lowest BCUT2D eigenvalue weighted by molar-refractivity contribution is -0.115. The van der Waals surface area contributed by atoms with E-state index in [4.69, 9.17) is 4.74 Å². The molecule has 0 radical (unpaired) electrons. The molecule has 0 bridgehead atoms. The van der Waals surface area contributed by atoms with Crippen LogP contribution in [0.5, 0.6) is 0 Å². The number of aromatic nitrogens is 2. The fraction of sp³-hybridized carbons (Fsp3) is 0.412. The van der Waals surface area contributed by atoms with Gasteiger partial charge in [-0.05, 0) is 44.7 Å². The number of hydrogen-bond donors (Lipinski definition) is 1. The molecular weight excluding hydrogens is 358 g/mol. The van der Waals surface area contributed by atoms with E-state index in [0.29, 0.717) is 22.3 Å². The van der Waals surface area contributed by atoms with Crippen LogP contribution in [0.3, 0.4) is 0 Å². The molecule has 132 valence electrons. The van der Waals surface area contributed by atoms with Gasteiger partial charge in [0, 0.05) is 17.3 Å². The number of hydrogen-bond acceptors (Lipinski definition) is 7. The summed E-state index contributed by atoms with van der Waals surface area (Å²) in [4.78, 5) is 34.3. The van der Waals surface area contributed by atoms with Crippen LogP contribution in [0.15, 0.2) is 23.6 Å². The summed E-state index contributed by atoms with van der Waals surface area (Å²) in [5, 5.41) is 3.66. The topological polar surface area (TPSA) is 81.2 Å². The summed E-state index contributed by atoms with van der Waals surface area (Å²) in [7, 11) is 0. The van der Waals surface area contributed by atoms with Gasteiger partial charge in [0.05, 0.1) is 17.4 Å². The predicted octanol–water partition coefficient (Wildman–Crippen LogP) is 3.32. The number of thiophene rings is 1. The van der Waals surface area contributed by atoms with E-state index in [9.17, 15) is 9.59 Å². The number of nitrogens with one attached hydrogen (secondary N) is 1. The van der Waals surface area contributed by atoms with Crippen LogP contribution < -0.4 is 5.32 Å². The Bertz CT molecular complexity index is 777. The number of nitrogens with zero attached hydrogens (tertiary/aromatic N) is 2. The van der Waals surface area contributed by atoms with E-state index < -0.39 is 0 Å². The number of fused-ring (bicyclic) bond motifs is 1. The van der Waals surface area contributed by atoms with Gasteiger partial charge in [-0.25, -0.2) is 14.8 Å². The van der Waals surface area contributed by atoms with E-state index in [-0.39, 0.29) is 17.1 Å². The third-order valence-electron chi connectivity index (χ3n) is 3.83. The molecule has 2 aromatic rings. The fourth-order valence-electron chi connectivity index (χ4n) is 2.68. The van der Waals surface area contributed by atoms with Gasteiger partial charge in [-0.1, -0.05) is 11.8 Å². The number of rotatable bonds is 6. The van der Waals surface area contributed by atoms with Gasteiger partial charge < -0.3 is 10.1 Å². The molecule has 25 heavy (non-hydrogen) atoms. The highest BCUT2D eigenvalue weighted by molar-refractivity contribution is 8.00. The standard InChI is InChI=1S/C17H19N3O3S2/c1-3-23-16(22)13-11-6-4-7-12(11)25-15(13)20-14(21)10(2)24-17-18-8-5-9-19-17/h5,8-10H,3-4,6-7H2,1-2H3,(H,20,21). The molecule has 3 rings (SSSR count). The Labute approximate surface area is 154 Å². The summed E-state index contributed by atoms with van der Waals surface area (Å²) < 4.78 is 5.18. The molecule has 2 aromatic heterocycles. The molecule has 0 aliphatic heterocycles. The van der Waals surface area contributed by atoms with Crippen LogP contribution in [-0.4, -0.2) is 33.7 Å². The minimum absolute atomic E-state index is 0.178. The van der Waals surface area contributed by atoms with Crippen molar-refractivity contribution >= 4 is 40.0 Å². The number of aryl methyl sites for hydroxylation is 1. The second-order valence-corrected chi connectivity index (χ2v) is 7.98. The zero-order chi connectivity index (χ0) is 17.8. The quantitative estimate of drug-likeness (QED) is 0.472. The molecule has 1 aliphatic carbocycles. The van der Waals surface area contributed by atoms with Gasteiger partial charge in [-0.2, -0.15) is 0 Å². The van der Waals surface area contributed by atoms with Crippen LogP contribution in [0.1, 0.15) is 41.1 Å². The number of anilines is 1. The third-order valence-corrected chi connectivity index (χ3v) is 6.03. The first-order valence-corrected chi connectivity index (χ1v) is 9.86. The number of amides is 1. The molecule has 1 aliphatic rings. The first-order chi connectivity index (χ1) is 12.1. The van der Waals surface area contributed by atoms with E-state index in [2.05, 4.69) is 15.3 Å². The van der Waals surface area contributed by atoms with Crippen LogP contribution in [0.25, 0.3) is 0 Å². The molecule has 0 saturated carbocycles. The van der Waals surface area contributed by atoms with Crippen molar-refractivity contribution < 1.29 is 14.3 Å². The van der Waals surface area contributed by atoms with Crippen molar-refractivity contribution in [1.29, 1.82) is 0 Å². The Morgan fingerprint density at radius 1 is 1.36 bits per heavy atom. The Morgan fingerprint density at radius 3 is 2.84 bits per heavy atom. The molecule has 0 fully saturated rings. The number of ether oxygens (including phenoxy) is 1. The van der Waals surface area contributed by atoms with Crippen molar-refractivity contribution in [2.45, 2.75) is 43.5 Å². The SMILES string of the molecule is CCOC(=O)c1c(NC(=O)C(C)Sc2ncccn2)sc2c1CCC2. The van der Waals surface area contributed by atoms with E-state index in [1.165, 1.54) is 28.0 Å². The van der Waals surface area contributed by atoms with E-state index >= 15 is 0 Å². The van der Waals surface area contributed by atoms with Gasteiger partial charge in [0.1, 0.15) is 5.00 Å². The lowest BCUT2D eigenvalue weighted by Crippen LogP contribution is -2.23. The first-order valence-electron chi connectivity index (χ1n) is 8.16. The number of carbonyl (C=O) groups is 2. The van der Waals surface area contributed by atoms with Crippen molar-refractivity contribution in [2.75, 3.05) is 11.9 Å². The molecule has 8 heteroatoms. The van der Waals surface area contributed by atoms with Crippen molar-refractivity contribution in [3.8, 4) is 0 Å². The van der Waals surface area contributed by atoms with Crippen LogP contribution in [0, 0.1) is 0 Å². The first kappa shape index (κ1) is 17.9. The largest absolute Gasteiger partial charge is 0.462 e. The number of carbonyl (C=O) groups excluding carboxylic acids is 2. The summed E-state index contributed by atoms with van der Waals surface area (Å²) in [6, 6.07) is 1.73. The maximum atomic E-state index is 12.5. The smallest absolute Gasteiger partial charge is 0.341 e.